The molecule has 1 heterocycles. The van der Waals surface area contributed by atoms with E-state index in [4.69, 9.17) is 5.73 Å². The van der Waals surface area contributed by atoms with Gasteiger partial charge in [0.2, 0.25) is 10.0 Å². The third-order valence-corrected chi connectivity index (χ3v) is 4.72. The molecule has 0 bridgehead atoms. The fourth-order valence-electron chi connectivity index (χ4n) is 1.81. The summed E-state index contributed by atoms with van der Waals surface area (Å²) in [7, 11) is -3.46. The Hall–Kier alpha value is -1.14. The Morgan fingerprint density at radius 1 is 1.59 bits per heavy atom. The third-order valence-electron chi connectivity index (χ3n) is 3.30. The molecule has 1 saturated carbocycles. The van der Waals surface area contributed by atoms with Crippen molar-refractivity contribution in [2.24, 2.45) is 11.3 Å². The molecule has 0 spiro atoms. The van der Waals surface area contributed by atoms with Crippen molar-refractivity contribution in [1.29, 1.82) is 0 Å². The number of nitrogens with zero attached hydrogens (tertiary/aromatic N) is 1. The van der Waals surface area contributed by atoms with Gasteiger partial charge in [0.25, 0.3) is 0 Å². The molecule has 0 radical (unpaired) electrons. The SMILES string of the molecule is CC1(C)CC1CNS(=O)(=O)c1ccnc(N)c1. The maximum absolute atomic E-state index is 11.9. The Balaban J connectivity index is 2.04. The monoisotopic (exact) mass is 255 g/mol. The first-order chi connectivity index (χ1) is 7.81. The predicted molar refractivity (Wildman–Crippen MR) is 65.7 cm³/mol. The second-order valence-corrected chi connectivity index (χ2v) is 6.92. The molecular weight excluding hydrogens is 238 g/mol. The van der Waals surface area contributed by atoms with Crippen molar-refractivity contribution in [3.8, 4) is 0 Å². The van der Waals surface area contributed by atoms with E-state index in [1.807, 2.05) is 0 Å². The molecule has 94 valence electrons. The number of aromatic nitrogens is 1. The van der Waals surface area contributed by atoms with Gasteiger partial charge in [-0.1, -0.05) is 13.8 Å². The second-order valence-electron chi connectivity index (χ2n) is 5.16. The summed E-state index contributed by atoms with van der Waals surface area (Å²) in [4.78, 5) is 3.94. The van der Waals surface area contributed by atoms with E-state index in [0.29, 0.717) is 12.5 Å². The van der Waals surface area contributed by atoms with E-state index in [1.54, 1.807) is 0 Å². The Labute approximate surface area is 101 Å². The normalized spacial score (nSPS) is 22.4. The standard InChI is InChI=1S/C11H17N3O2S/c1-11(2)6-8(11)7-14-17(15,16)9-3-4-13-10(12)5-9/h3-5,8,14H,6-7H2,1-2H3,(H2,12,13). The lowest BCUT2D eigenvalue weighted by atomic mass is 10.1. The van der Waals surface area contributed by atoms with E-state index < -0.39 is 10.0 Å². The van der Waals surface area contributed by atoms with Crippen LogP contribution in [0, 0.1) is 11.3 Å². The van der Waals surface area contributed by atoms with E-state index in [1.165, 1.54) is 18.3 Å². The summed E-state index contributed by atoms with van der Waals surface area (Å²) >= 11 is 0. The number of rotatable bonds is 4. The summed E-state index contributed by atoms with van der Waals surface area (Å²) < 4.78 is 26.5. The summed E-state index contributed by atoms with van der Waals surface area (Å²) in [6, 6.07) is 2.80. The Morgan fingerprint density at radius 2 is 2.24 bits per heavy atom. The smallest absolute Gasteiger partial charge is 0.240 e. The molecule has 1 aliphatic carbocycles. The molecule has 1 aromatic heterocycles. The summed E-state index contributed by atoms with van der Waals surface area (Å²) in [5, 5.41) is 0. The van der Waals surface area contributed by atoms with Crippen LogP contribution in [0.4, 0.5) is 5.82 Å². The van der Waals surface area contributed by atoms with Gasteiger partial charge in [0.05, 0.1) is 4.90 Å². The first-order valence-electron chi connectivity index (χ1n) is 5.52. The van der Waals surface area contributed by atoms with Crippen molar-refractivity contribution in [3.05, 3.63) is 18.3 Å². The van der Waals surface area contributed by atoms with Gasteiger partial charge in [-0.05, 0) is 23.8 Å². The van der Waals surface area contributed by atoms with E-state index in [-0.39, 0.29) is 16.1 Å². The van der Waals surface area contributed by atoms with E-state index in [2.05, 4.69) is 23.6 Å². The van der Waals surface area contributed by atoms with Crippen LogP contribution in [0.15, 0.2) is 23.2 Å². The maximum Gasteiger partial charge on any atom is 0.240 e. The Morgan fingerprint density at radius 3 is 2.76 bits per heavy atom. The molecular formula is C11H17N3O2S. The zero-order chi connectivity index (χ0) is 12.7. The van der Waals surface area contributed by atoms with Gasteiger partial charge >= 0.3 is 0 Å². The molecule has 1 aromatic rings. The lowest BCUT2D eigenvalue weighted by molar-refractivity contribution is 0.537. The molecule has 2 rings (SSSR count). The molecule has 3 N–H and O–H groups in total. The summed E-state index contributed by atoms with van der Waals surface area (Å²) in [6.45, 7) is 4.75. The van der Waals surface area contributed by atoms with Crippen LogP contribution in [0.5, 0.6) is 0 Å². The Kier molecular flexibility index (Phi) is 2.87. The zero-order valence-corrected chi connectivity index (χ0v) is 10.8. The lowest BCUT2D eigenvalue weighted by Gasteiger charge is -2.08. The minimum Gasteiger partial charge on any atom is -0.384 e. The Bertz CT molecular complexity index is 525. The van der Waals surface area contributed by atoms with E-state index in [9.17, 15) is 8.42 Å². The molecule has 6 heteroatoms. The van der Waals surface area contributed by atoms with Crippen LogP contribution in [-0.2, 0) is 10.0 Å². The number of sulfonamides is 1. The minimum atomic E-state index is -3.46. The van der Waals surface area contributed by atoms with Crippen molar-refractivity contribution in [1.82, 2.24) is 9.71 Å². The fourth-order valence-corrected chi connectivity index (χ4v) is 2.92. The number of nitrogens with two attached hydrogens (primary N) is 1. The van der Waals surface area contributed by atoms with Gasteiger partial charge in [-0.2, -0.15) is 0 Å². The van der Waals surface area contributed by atoms with E-state index >= 15 is 0 Å². The first kappa shape index (κ1) is 12.3. The van der Waals surface area contributed by atoms with Gasteiger partial charge in [0.15, 0.2) is 0 Å². The molecule has 0 aliphatic heterocycles. The van der Waals surface area contributed by atoms with Gasteiger partial charge in [-0.15, -0.1) is 0 Å². The fraction of sp³-hybridized carbons (Fsp3) is 0.545. The number of hydrogen-bond acceptors (Lipinski definition) is 4. The highest BCUT2D eigenvalue weighted by Gasteiger charge is 2.45. The third kappa shape index (κ3) is 2.76. The van der Waals surface area contributed by atoms with Crippen molar-refractivity contribution in [2.45, 2.75) is 25.2 Å². The van der Waals surface area contributed by atoms with Crippen molar-refractivity contribution in [2.75, 3.05) is 12.3 Å². The van der Waals surface area contributed by atoms with Gasteiger partial charge in [-0.3, -0.25) is 0 Å². The highest BCUT2D eigenvalue weighted by Crippen LogP contribution is 2.51. The van der Waals surface area contributed by atoms with Crippen molar-refractivity contribution < 1.29 is 8.42 Å². The average molecular weight is 255 g/mol. The van der Waals surface area contributed by atoms with Crippen LogP contribution in [0.25, 0.3) is 0 Å². The van der Waals surface area contributed by atoms with Crippen LogP contribution in [0.3, 0.4) is 0 Å². The largest absolute Gasteiger partial charge is 0.384 e. The number of hydrogen-bond donors (Lipinski definition) is 2. The summed E-state index contributed by atoms with van der Waals surface area (Å²) in [5.41, 5.74) is 5.73. The number of nitrogens with one attached hydrogen (secondary N) is 1. The highest BCUT2D eigenvalue weighted by molar-refractivity contribution is 7.89. The lowest BCUT2D eigenvalue weighted by Crippen LogP contribution is -2.27. The average Bonchev–Trinajstić information content (AvgIpc) is 2.84. The molecule has 1 unspecified atom stereocenters. The second kappa shape index (κ2) is 3.96. The van der Waals surface area contributed by atoms with E-state index in [0.717, 1.165) is 6.42 Å². The minimum absolute atomic E-state index is 0.170. The molecule has 5 nitrogen and oxygen atoms in total. The van der Waals surface area contributed by atoms with Gasteiger partial charge < -0.3 is 5.73 Å². The zero-order valence-electron chi connectivity index (χ0n) is 9.97. The van der Waals surface area contributed by atoms with Gasteiger partial charge in [-0.25, -0.2) is 18.1 Å². The molecule has 0 amide bonds. The molecule has 0 saturated heterocycles. The molecule has 1 atom stereocenters. The van der Waals surface area contributed by atoms with Crippen LogP contribution in [0.2, 0.25) is 0 Å². The number of nitrogen functional groups attached to an aromatic ring is 1. The first-order valence-corrected chi connectivity index (χ1v) is 7.01. The van der Waals surface area contributed by atoms with Crippen LogP contribution in [-0.4, -0.2) is 19.9 Å². The maximum atomic E-state index is 11.9. The van der Waals surface area contributed by atoms with Crippen LogP contribution < -0.4 is 10.5 Å². The highest BCUT2D eigenvalue weighted by atomic mass is 32.2. The molecule has 1 fully saturated rings. The van der Waals surface area contributed by atoms with Gasteiger partial charge in [0.1, 0.15) is 5.82 Å². The summed E-state index contributed by atoms with van der Waals surface area (Å²) in [5.74, 6) is 0.635. The van der Waals surface area contributed by atoms with Crippen LogP contribution >= 0.6 is 0 Å². The summed E-state index contributed by atoms with van der Waals surface area (Å²) in [6.07, 6.45) is 2.46. The predicted octanol–water partition coefficient (Wildman–Crippen LogP) is 0.988. The molecule has 17 heavy (non-hydrogen) atoms. The topological polar surface area (TPSA) is 85.1 Å². The van der Waals surface area contributed by atoms with Crippen LogP contribution in [0.1, 0.15) is 20.3 Å². The molecule has 1 aliphatic rings. The number of pyridine rings is 1. The number of anilines is 1. The van der Waals surface area contributed by atoms with Crippen molar-refractivity contribution in [3.63, 3.8) is 0 Å². The van der Waals surface area contributed by atoms with Gasteiger partial charge in [0, 0.05) is 18.8 Å². The quantitative estimate of drug-likeness (QED) is 0.840. The van der Waals surface area contributed by atoms with Crippen molar-refractivity contribution >= 4 is 15.8 Å². The molecule has 0 aromatic carbocycles.